The summed E-state index contributed by atoms with van der Waals surface area (Å²) in [5.74, 6) is -0.360. The smallest absolute Gasteiger partial charge is 0.267 e. The Kier molecular flexibility index (Phi) is 6.33. The molecule has 0 aliphatic carbocycles. The van der Waals surface area contributed by atoms with Crippen LogP contribution in [0.1, 0.15) is 38.8 Å². The molecule has 2 N–H and O–H groups in total. The summed E-state index contributed by atoms with van der Waals surface area (Å²) in [5, 5.41) is 7.95. The Labute approximate surface area is 170 Å². The minimum Gasteiger partial charge on any atom is -0.356 e. The van der Waals surface area contributed by atoms with Crippen molar-refractivity contribution in [2.45, 2.75) is 20.3 Å². The lowest BCUT2D eigenvalue weighted by Crippen LogP contribution is -2.22. The molecule has 0 aliphatic rings. The Hall–Kier alpha value is -2.84. The third-order valence-corrected chi connectivity index (χ3v) is 5.88. The van der Waals surface area contributed by atoms with E-state index in [-0.39, 0.29) is 17.6 Å². The lowest BCUT2D eigenvalue weighted by Gasteiger charge is -2.04. The fourth-order valence-electron chi connectivity index (χ4n) is 2.50. The number of ketones is 1. The molecule has 0 radical (unpaired) electrons. The number of carbonyl (C=O) groups is 3. The van der Waals surface area contributed by atoms with E-state index in [1.165, 1.54) is 36.5 Å². The van der Waals surface area contributed by atoms with Gasteiger partial charge in [-0.3, -0.25) is 19.7 Å². The molecular weight excluding hydrogens is 394 g/mol. The molecule has 3 rings (SSSR count). The molecule has 0 saturated heterocycles. The fraction of sp³-hybridized carbons (Fsp3) is 0.200. The van der Waals surface area contributed by atoms with Crippen molar-refractivity contribution in [3.63, 3.8) is 0 Å². The van der Waals surface area contributed by atoms with Crippen molar-refractivity contribution in [2.75, 3.05) is 11.9 Å². The second kappa shape index (κ2) is 8.90. The molecule has 0 saturated carbocycles. The number of thiophene rings is 1. The number of aromatic nitrogens is 1. The molecular formula is C20H19N3O3S2. The van der Waals surface area contributed by atoms with E-state index >= 15 is 0 Å². The van der Waals surface area contributed by atoms with Crippen LogP contribution in [0.3, 0.4) is 0 Å². The predicted molar refractivity (Wildman–Crippen MR) is 112 cm³/mol. The standard InChI is InChI=1S/C20H19N3O3S2/c1-12(24)17-7-8-18(28-17)19(26)23-20-22-16(11-27-20)15-5-3-14(4-6-15)9-10-21-13(2)25/h3-8,11H,9-10H2,1-2H3,(H,21,25)(H,22,23,26). The van der Waals surface area contributed by atoms with Gasteiger partial charge in [0.05, 0.1) is 15.4 Å². The average molecular weight is 414 g/mol. The van der Waals surface area contributed by atoms with Gasteiger partial charge in [0.25, 0.3) is 5.91 Å². The number of amides is 2. The maximum Gasteiger partial charge on any atom is 0.267 e. The number of nitrogens with one attached hydrogen (secondary N) is 2. The van der Waals surface area contributed by atoms with Crippen molar-refractivity contribution < 1.29 is 14.4 Å². The SMILES string of the molecule is CC(=O)NCCc1ccc(-c2csc(NC(=O)c3ccc(C(C)=O)s3)n2)cc1. The molecule has 0 atom stereocenters. The summed E-state index contributed by atoms with van der Waals surface area (Å²) in [6.07, 6.45) is 0.765. The second-order valence-corrected chi connectivity index (χ2v) is 8.08. The van der Waals surface area contributed by atoms with Crippen LogP contribution in [-0.2, 0) is 11.2 Å². The Morgan fingerprint density at radius 2 is 1.71 bits per heavy atom. The van der Waals surface area contributed by atoms with Crippen LogP contribution < -0.4 is 10.6 Å². The van der Waals surface area contributed by atoms with Crippen LogP contribution in [0.15, 0.2) is 41.8 Å². The Morgan fingerprint density at radius 3 is 2.36 bits per heavy atom. The van der Waals surface area contributed by atoms with Crippen molar-refractivity contribution in [3.8, 4) is 11.3 Å². The summed E-state index contributed by atoms with van der Waals surface area (Å²) >= 11 is 2.52. The largest absolute Gasteiger partial charge is 0.356 e. The third-order valence-electron chi connectivity index (χ3n) is 3.94. The fourth-order valence-corrected chi connectivity index (χ4v) is 4.01. The van der Waals surface area contributed by atoms with Gasteiger partial charge in [-0.15, -0.1) is 22.7 Å². The van der Waals surface area contributed by atoms with Gasteiger partial charge in [0.2, 0.25) is 5.91 Å². The molecule has 28 heavy (non-hydrogen) atoms. The molecule has 8 heteroatoms. The molecule has 2 heterocycles. The molecule has 2 aromatic heterocycles. The molecule has 0 aliphatic heterocycles. The third kappa shape index (κ3) is 5.11. The Morgan fingerprint density at radius 1 is 1.00 bits per heavy atom. The summed E-state index contributed by atoms with van der Waals surface area (Å²) in [6.45, 7) is 3.59. The number of anilines is 1. The minimum absolute atomic E-state index is 0.0336. The van der Waals surface area contributed by atoms with Crippen LogP contribution in [0.25, 0.3) is 11.3 Å². The van der Waals surface area contributed by atoms with Crippen LogP contribution >= 0.6 is 22.7 Å². The number of hydrogen-bond donors (Lipinski definition) is 2. The van der Waals surface area contributed by atoms with Gasteiger partial charge in [-0.05, 0) is 31.0 Å². The monoisotopic (exact) mass is 413 g/mol. The number of benzene rings is 1. The van der Waals surface area contributed by atoms with Gasteiger partial charge in [-0.1, -0.05) is 24.3 Å². The highest BCUT2D eigenvalue weighted by molar-refractivity contribution is 7.16. The number of nitrogens with zero attached hydrogens (tertiary/aromatic N) is 1. The zero-order chi connectivity index (χ0) is 20.1. The summed E-state index contributed by atoms with van der Waals surface area (Å²) in [5.41, 5.74) is 2.86. The predicted octanol–water partition coefficient (Wildman–Crippen LogP) is 4.01. The minimum atomic E-state index is -0.272. The first-order valence-electron chi connectivity index (χ1n) is 8.64. The number of Topliss-reactive ketones (excluding diaryl/α,β-unsaturated/α-hetero) is 1. The lowest BCUT2D eigenvalue weighted by atomic mass is 10.1. The van der Waals surface area contributed by atoms with E-state index in [1.807, 2.05) is 29.6 Å². The summed E-state index contributed by atoms with van der Waals surface area (Å²) in [4.78, 5) is 40.1. The van der Waals surface area contributed by atoms with Crippen LogP contribution in [0, 0.1) is 0 Å². The Balaban J connectivity index is 1.62. The highest BCUT2D eigenvalue weighted by Crippen LogP contribution is 2.26. The molecule has 0 bridgehead atoms. The first-order valence-corrected chi connectivity index (χ1v) is 10.3. The van der Waals surface area contributed by atoms with Gasteiger partial charge >= 0.3 is 0 Å². The number of thiazole rings is 1. The normalized spacial score (nSPS) is 10.5. The maximum atomic E-state index is 12.3. The van der Waals surface area contributed by atoms with Gasteiger partial charge in [-0.25, -0.2) is 4.98 Å². The highest BCUT2D eigenvalue weighted by Gasteiger charge is 2.13. The summed E-state index contributed by atoms with van der Waals surface area (Å²) in [7, 11) is 0. The number of hydrogen-bond acceptors (Lipinski definition) is 6. The van der Waals surface area contributed by atoms with Crippen LogP contribution in [0.5, 0.6) is 0 Å². The second-order valence-electron chi connectivity index (χ2n) is 6.14. The van der Waals surface area contributed by atoms with Gasteiger partial charge in [0, 0.05) is 24.4 Å². The topological polar surface area (TPSA) is 88.2 Å². The van der Waals surface area contributed by atoms with Crippen LogP contribution in [0.2, 0.25) is 0 Å². The molecule has 2 amide bonds. The van der Waals surface area contributed by atoms with E-state index in [0.29, 0.717) is 21.4 Å². The van der Waals surface area contributed by atoms with Gasteiger partial charge in [-0.2, -0.15) is 0 Å². The molecule has 0 spiro atoms. The van der Waals surface area contributed by atoms with Crippen molar-refractivity contribution >= 4 is 45.4 Å². The van der Waals surface area contributed by atoms with Crippen molar-refractivity contribution in [3.05, 3.63) is 57.1 Å². The molecule has 0 fully saturated rings. The molecule has 144 valence electrons. The van der Waals surface area contributed by atoms with E-state index in [1.54, 1.807) is 12.1 Å². The van der Waals surface area contributed by atoms with E-state index in [9.17, 15) is 14.4 Å². The summed E-state index contributed by atoms with van der Waals surface area (Å²) < 4.78 is 0. The van der Waals surface area contributed by atoms with E-state index in [0.717, 1.165) is 23.2 Å². The van der Waals surface area contributed by atoms with E-state index < -0.39 is 0 Å². The van der Waals surface area contributed by atoms with E-state index in [4.69, 9.17) is 0 Å². The molecule has 6 nitrogen and oxygen atoms in total. The van der Waals surface area contributed by atoms with Crippen LogP contribution in [0.4, 0.5) is 5.13 Å². The van der Waals surface area contributed by atoms with Crippen molar-refractivity contribution in [2.24, 2.45) is 0 Å². The van der Waals surface area contributed by atoms with Crippen molar-refractivity contribution in [1.29, 1.82) is 0 Å². The maximum absolute atomic E-state index is 12.3. The first-order chi connectivity index (χ1) is 13.4. The van der Waals surface area contributed by atoms with Gasteiger partial charge in [0.1, 0.15) is 0 Å². The number of rotatable bonds is 7. The quantitative estimate of drug-likeness (QED) is 0.573. The molecule has 0 unspecified atom stereocenters. The summed E-state index contributed by atoms with van der Waals surface area (Å²) in [6, 6.07) is 11.3. The van der Waals surface area contributed by atoms with Crippen molar-refractivity contribution in [1.82, 2.24) is 10.3 Å². The number of carbonyl (C=O) groups excluding carboxylic acids is 3. The molecule has 3 aromatic rings. The zero-order valence-electron chi connectivity index (χ0n) is 15.4. The Bertz CT molecular complexity index is 1010. The van der Waals surface area contributed by atoms with Crippen LogP contribution in [-0.4, -0.2) is 29.1 Å². The van der Waals surface area contributed by atoms with E-state index in [2.05, 4.69) is 15.6 Å². The molecule has 1 aromatic carbocycles. The highest BCUT2D eigenvalue weighted by atomic mass is 32.1. The van der Waals surface area contributed by atoms with Gasteiger partial charge < -0.3 is 5.32 Å². The average Bonchev–Trinajstić information content (AvgIpc) is 3.31. The zero-order valence-corrected chi connectivity index (χ0v) is 17.1. The first kappa shape index (κ1) is 19.9. The van der Waals surface area contributed by atoms with Gasteiger partial charge in [0.15, 0.2) is 10.9 Å². The lowest BCUT2D eigenvalue weighted by molar-refractivity contribution is -0.118.